The van der Waals surface area contributed by atoms with E-state index in [-0.39, 0.29) is 36.5 Å². The molecule has 0 saturated carbocycles. The molecule has 3 N–H and O–H groups in total. The minimum Gasteiger partial charge on any atom is -0.350 e. The van der Waals surface area contributed by atoms with E-state index in [1.807, 2.05) is 37.3 Å². The van der Waals surface area contributed by atoms with Crippen LogP contribution in [0.5, 0.6) is 0 Å². The van der Waals surface area contributed by atoms with Gasteiger partial charge in [0.15, 0.2) is 0 Å². The van der Waals surface area contributed by atoms with Crippen LogP contribution in [0, 0.1) is 0 Å². The third kappa shape index (κ3) is 5.63. The molecule has 1 unspecified atom stereocenters. The highest BCUT2D eigenvalue weighted by Crippen LogP contribution is 2.17. The molecule has 1 atom stereocenters. The zero-order valence-corrected chi connectivity index (χ0v) is 18.6. The fourth-order valence-electron chi connectivity index (χ4n) is 3.44. The normalized spacial score (nSPS) is 11.6. The van der Waals surface area contributed by atoms with E-state index in [2.05, 4.69) is 26.3 Å². The van der Waals surface area contributed by atoms with Crippen molar-refractivity contribution >= 4 is 34.2 Å². The van der Waals surface area contributed by atoms with E-state index in [1.54, 1.807) is 48.5 Å². The Morgan fingerprint density at radius 3 is 2.26 bits per heavy atom. The van der Waals surface area contributed by atoms with E-state index in [1.165, 1.54) is 4.68 Å². The smallest absolute Gasteiger partial charge is 0.323 e. The van der Waals surface area contributed by atoms with Gasteiger partial charge in [0.05, 0.1) is 18.0 Å². The van der Waals surface area contributed by atoms with Crippen molar-refractivity contribution in [3.8, 4) is 0 Å². The number of urea groups is 1. The average Bonchev–Trinajstić information content (AvgIpc) is 2.85. The van der Waals surface area contributed by atoms with Crippen molar-refractivity contribution in [1.29, 1.82) is 0 Å². The number of nitrogens with one attached hydrogen (secondary N) is 3. The molecule has 0 saturated heterocycles. The van der Waals surface area contributed by atoms with E-state index in [0.717, 1.165) is 5.56 Å². The number of carbonyl (C=O) groups excluding carboxylic acids is 2. The number of carbonyl (C=O) groups is 2. The van der Waals surface area contributed by atoms with Crippen LogP contribution in [0.2, 0.25) is 0 Å². The van der Waals surface area contributed by atoms with E-state index < -0.39 is 0 Å². The summed E-state index contributed by atoms with van der Waals surface area (Å²) in [4.78, 5) is 37.0. The summed E-state index contributed by atoms with van der Waals surface area (Å²) in [6.07, 6.45) is 0.0938. The highest BCUT2D eigenvalue weighted by Gasteiger charge is 2.12. The molecule has 0 aliphatic carbocycles. The fraction of sp³-hybridized carbons (Fsp3) is 0.160. The first-order chi connectivity index (χ1) is 16.5. The van der Waals surface area contributed by atoms with Gasteiger partial charge in [-0.3, -0.25) is 9.59 Å². The molecule has 3 amide bonds. The van der Waals surface area contributed by atoms with Crippen molar-refractivity contribution < 1.29 is 9.59 Å². The molecule has 0 radical (unpaired) electrons. The molecular formula is C25H24N6O3. The monoisotopic (exact) mass is 456 g/mol. The van der Waals surface area contributed by atoms with Crippen LogP contribution in [-0.4, -0.2) is 26.9 Å². The Labute approximate surface area is 195 Å². The van der Waals surface area contributed by atoms with Crippen molar-refractivity contribution in [3.05, 3.63) is 94.8 Å². The van der Waals surface area contributed by atoms with Crippen molar-refractivity contribution in [2.75, 3.05) is 10.6 Å². The van der Waals surface area contributed by atoms with E-state index in [0.29, 0.717) is 22.3 Å². The zero-order valence-electron chi connectivity index (χ0n) is 18.6. The second-order valence-electron chi connectivity index (χ2n) is 7.74. The van der Waals surface area contributed by atoms with Gasteiger partial charge in [0.1, 0.15) is 5.52 Å². The molecule has 3 aromatic carbocycles. The summed E-state index contributed by atoms with van der Waals surface area (Å²) >= 11 is 0. The van der Waals surface area contributed by atoms with Crippen LogP contribution in [0.15, 0.2) is 83.7 Å². The first kappa shape index (κ1) is 22.7. The lowest BCUT2D eigenvalue weighted by Gasteiger charge is -2.15. The molecule has 172 valence electrons. The average molecular weight is 457 g/mol. The zero-order chi connectivity index (χ0) is 23.9. The molecule has 9 nitrogen and oxygen atoms in total. The van der Waals surface area contributed by atoms with Gasteiger partial charge in [0, 0.05) is 17.8 Å². The van der Waals surface area contributed by atoms with Gasteiger partial charge in [-0.15, -0.1) is 5.10 Å². The summed E-state index contributed by atoms with van der Waals surface area (Å²) in [5.74, 6) is -0.209. The third-order valence-corrected chi connectivity index (χ3v) is 5.26. The fourth-order valence-corrected chi connectivity index (χ4v) is 3.44. The maximum atomic E-state index is 12.5. The molecule has 34 heavy (non-hydrogen) atoms. The van der Waals surface area contributed by atoms with Crippen LogP contribution in [0.25, 0.3) is 10.9 Å². The van der Waals surface area contributed by atoms with E-state index >= 15 is 0 Å². The summed E-state index contributed by atoms with van der Waals surface area (Å²) < 4.78 is 1.20. The van der Waals surface area contributed by atoms with Gasteiger partial charge < -0.3 is 16.0 Å². The molecular weight excluding hydrogens is 432 g/mol. The van der Waals surface area contributed by atoms with Crippen molar-refractivity contribution in [2.24, 2.45) is 0 Å². The maximum Gasteiger partial charge on any atom is 0.323 e. The highest BCUT2D eigenvalue weighted by atomic mass is 16.2. The number of aromatic nitrogens is 3. The van der Waals surface area contributed by atoms with Gasteiger partial charge in [-0.2, -0.15) is 0 Å². The topological polar surface area (TPSA) is 118 Å². The predicted molar refractivity (Wildman–Crippen MR) is 130 cm³/mol. The predicted octanol–water partition coefficient (Wildman–Crippen LogP) is 3.70. The number of anilines is 2. The molecule has 1 heterocycles. The lowest BCUT2D eigenvalue weighted by molar-refractivity contribution is -0.122. The van der Waals surface area contributed by atoms with Crippen LogP contribution in [0.1, 0.15) is 24.9 Å². The van der Waals surface area contributed by atoms with E-state index in [4.69, 9.17) is 0 Å². The first-order valence-corrected chi connectivity index (χ1v) is 10.8. The van der Waals surface area contributed by atoms with Crippen LogP contribution >= 0.6 is 0 Å². The number of hydrogen-bond acceptors (Lipinski definition) is 5. The number of nitrogens with zero attached hydrogens (tertiary/aromatic N) is 3. The number of hydrogen-bond donors (Lipinski definition) is 3. The molecule has 0 fully saturated rings. The van der Waals surface area contributed by atoms with Gasteiger partial charge in [-0.25, -0.2) is 9.48 Å². The Morgan fingerprint density at radius 1 is 0.882 bits per heavy atom. The number of rotatable bonds is 7. The maximum absolute atomic E-state index is 12.5. The molecule has 9 heteroatoms. The van der Waals surface area contributed by atoms with Gasteiger partial charge in [-0.05, 0) is 48.9 Å². The summed E-state index contributed by atoms with van der Waals surface area (Å²) in [7, 11) is 0. The SMILES string of the molecule is CC(NC(=O)CCn1nnc2ccccc2c1=O)c1ccc(NC(=O)Nc2ccccc2)cc1. The van der Waals surface area contributed by atoms with Crippen LogP contribution in [-0.2, 0) is 11.3 Å². The molecule has 0 aliphatic rings. The lowest BCUT2D eigenvalue weighted by atomic mass is 10.1. The van der Waals surface area contributed by atoms with Crippen molar-refractivity contribution in [3.63, 3.8) is 0 Å². The highest BCUT2D eigenvalue weighted by molar-refractivity contribution is 5.99. The summed E-state index contributed by atoms with van der Waals surface area (Å²) in [6.45, 7) is 2.00. The summed E-state index contributed by atoms with van der Waals surface area (Å²) in [6, 6.07) is 22.7. The molecule has 0 bridgehead atoms. The largest absolute Gasteiger partial charge is 0.350 e. The quantitative estimate of drug-likeness (QED) is 0.392. The Hall–Kier alpha value is -4.53. The number of benzene rings is 3. The Kier molecular flexibility index (Phi) is 6.92. The van der Waals surface area contributed by atoms with Gasteiger partial charge in [0.25, 0.3) is 5.56 Å². The lowest BCUT2D eigenvalue weighted by Crippen LogP contribution is -2.30. The minimum atomic E-state index is -0.340. The standard InChI is InChI=1S/C25H24N6O3/c1-17(18-11-13-20(14-12-18)28-25(34)27-19-7-3-2-4-8-19)26-23(32)15-16-31-24(33)21-9-5-6-10-22(21)29-30-31/h2-14,17H,15-16H2,1H3,(H,26,32)(H2,27,28,34). The second-order valence-corrected chi connectivity index (χ2v) is 7.74. The van der Waals surface area contributed by atoms with Gasteiger partial charge in [0.2, 0.25) is 5.91 Å². The van der Waals surface area contributed by atoms with Gasteiger partial charge >= 0.3 is 6.03 Å². The van der Waals surface area contributed by atoms with Crippen LogP contribution < -0.4 is 21.5 Å². The number of aryl methyl sites for hydroxylation is 1. The Bertz CT molecular complexity index is 1350. The molecule has 4 aromatic rings. The van der Waals surface area contributed by atoms with Crippen molar-refractivity contribution in [1.82, 2.24) is 20.3 Å². The number of para-hydroxylation sites is 1. The summed E-state index contributed by atoms with van der Waals surface area (Å²) in [5, 5.41) is 16.8. The first-order valence-electron chi connectivity index (χ1n) is 10.8. The number of fused-ring (bicyclic) bond motifs is 1. The van der Waals surface area contributed by atoms with E-state index in [9.17, 15) is 14.4 Å². The third-order valence-electron chi connectivity index (χ3n) is 5.26. The Morgan fingerprint density at radius 2 is 1.53 bits per heavy atom. The molecule has 0 aliphatic heterocycles. The summed E-state index contributed by atoms with van der Waals surface area (Å²) in [5.41, 5.74) is 2.46. The Balaban J connectivity index is 1.29. The van der Waals surface area contributed by atoms with Crippen LogP contribution in [0.4, 0.5) is 16.2 Å². The van der Waals surface area contributed by atoms with Crippen LogP contribution in [0.3, 0.4) is 0 Å². The molecule has 4 rings (SSSR count). The van der Waals surface area contributed by atoms with Crippen molar-refractivity contribution in [2.45, 2.75) is 25.9 Å². The molecule has 0 spiro atoms. The molecule has 1 aromatic heterocycles. The second kappa shape index (κ2) is 10.4. The van der Waals surface area contributed by atoms with Gasteiger partial charge in [-0.1, -0.05) is 47.7 Å². The number of amides is 3. The minimum absolute atomic E-state index is 0.0938.